The van der Waals surface area contributed by atoms with Crippen LogP contribution in [0.3, 0.4) is 0 Å². The summed E-state index contributed by atoms with van der Waals surface area (Å²) in [5.74, 6) is 0. The predicted octanol–water partition coefficient (Wildman–Crippen LogP) is 1.95. The maximum Gasteiger partial charge on any atom is 0.213 e. The molecule has 0 aliphatic heterocycles. The Hall–Kier alpha value is 0.314. The van der Waals surface area contributed by atoms with E-state index >= 15 is 0 Å². The van der Waals surface area contributed by atoms with Crippen LogP contribution in [0.1, 0.15) is 6.42 Å². The molecule has 0 aromatic rings. The number of hydrogen-bond acceptors (Lipinski definition) is 3. The average Bonchev–Trinajstić information content (AvgIpc) is 2.10. The van der Waals surface area contributed by atoms with Gasteiger partial charge in [-0.3, -0.25) is 0 Å². The summed E-state index contributed by atoms with van der Waals surface area (Å²) in [5.41, 5.74) is 5.51. The highest BCUT2D eigenvalue weighted by Gasteiger charge is 2.30. The van der Waals surface area contributed by atoms with Crippen molar-refractivity contribution in [3.63, 3.8) is 0 Å². The molecular formula is C9H25NO2Si2. The summed E-state index contributed by atoms with van der Waals surface area (Å²) < 4.78 is 11.5. The van der Waals surface area contributed by atoms with E-state index < -0.39 is 16.6 Å². The molecule has 2 N–H and O–H groups in total. The van der Waals surface area contributed by atoms with Crippen molar-refractivity contribution >= 4 is 16.6 Å². The fourth-order valence-corrected chi connectivity index (χ4v) is 5.45. The Morgan fingerprint density at radius 2 is 1.71 bits per heavy atom. The molecule has 1 unspecified atom stereocenters. The Morgan fingerprint density at radius 1 is 1.14 bits per heavy atom. The van der Waals surface area contributed by atoms with E-state index in [4.69, 9.17) is 14.6 Å². The van der Waals surface area contributed by atoms with E-state index in [1.165, 1.54) is 0 Å². The third-order valence-electron chi connectivity index (χ3n) is 2.21. The van der Waals surface area contributed by atoms with Crippen molar-refractivity contribution in [2.75, 3.05) is 19.9 Å². The van der Waals surface area contributed by atoms with Crippen LogP contribution in [0.4, 0.5) is 0 Å². The molecule has 1 atom stereocenters. The SMILES string of the molecule is CO[Si](C)(CCCN)CO[Si](C)(C)C. The number of rotatable bonds is 7. The second-order valence-electron chi connectivity index (χ2n) is 4.95. The molecule has 0 radical (unpaired) electrons. The van der Waals surface area contributed by atoms with Crippen molar-refractivity contribution < 1.29 is 8.85 Å². The van der Waals surface area contributed by atoms with Gasteiger partial charge in [-0.2, -0.15) is 0 Å². The lowest BCUT2D eigenvalue weighted by molar-refractivity contribution is 0.310. The predicted molar refractivity (Wildman–Crippen MR) is 66.4 cm³/mol. The van der Waals surface area contributed by atoms with Crippen molar-refractivity contribution in [3.05, 3.63) is 0 Å². The van der Waals surface area contributed by atoms with E-state index in [1.54, 1.807) is 7.11 Å². The molecule has 0 amide bonds. The molecule has 5 heteroatoms. The van der Waals surface area contributed by atoms with E-state index in [9.17, 15) is 0 Å². The third kappa shape index (κ3) is 6.72. The van der Waals surface area contributed by atoms with Crippen molar-refractivity contribution in [3.8, 4) is 0 Å². The van der Waals surface area contributed by atoms with Gasteiger partial charge in [-0.1, -0.05) is 0 Å². The van der Waals surface area contributed by atoms with Gasteiger partial charge in [0.2, 0.25) is 8.32 Å². The van der Waals surface area contributed by atoms with Crippen molar-refractivity contribution in [1.82, 2.24) is 0 Å². The van der Waals surface area contributed by atoms with Gasteiger partial charge in [-0.15, -0.1) is 0 Å². The summed E-state index contributed by atoms with van der Waals surface area (Å²) in [6.45, 7) is 9.60. The van der Waals surface area contributed by atoms with Gasteiger partial charge in [0, 0.05) is 7.11 Å². The van der Waals surface area contributed by atoms with E-state index in [0.717, 1.165) is 25.2 Å². The molecule has 0 saturated heterocycles. The second-order valence-corrected chi connectivity index (χ2v) is 13.6. The van der Waals surface area contributed by atoms with Gasteiger partial charge < -0.3 is 14.6 Å². The summed E-state index contributed by atoms with van der Waals surface area (Å²) in [6, 6.07) is 1.10. The van der Waals surface area contributed by atoms with Crippen molar-refractivity contribution in [2.24, 2.45) is 5.73 Å². The van der Waals surface area contributed by atoms with Crippen LogP contribution in [0.2, 0.25) is 32.2 Å². The topological polar surface area (TPSA) is 44.5 Å². The van der Waals surface area contributed by atoms with Gasteiger partial charge in [-0.25, -0.2) is 0 Å². The van der Waals surface area contributed by atoms with Crippen LogP contribution in [0.5, 0.6) is 0 Å². The smallest absolute Gasteiger partial charge is 0.213 e. The molecule has 0 aromatic carbocycles. The Morgan fingerprint density at radius 3 is 2.07 bits per heavy atom. The zero-order valence-electron chi connectivity index (χ0n) is 10.2. The summed E-state index contributed by atoms with van der Waals surface area (Å²) in [5, 5.41) is 0. The van der Waals surface area contributed by atoms with E-state index in [1.807, 2.05) is 0 Å². The van der Waals surface area contributed by atoms with Gasteiger partial charge in [0.25, 0.3) is 0 Å². The largest absolute Gasteiger partial charge is 0.418 e. The molecule has 0 rings (SSSR count). The van der Waals surface area contributed by atoms with E-state index in [0.29, 0.717) is 0 Å². The minimum atomic E-state index is -1.62. The summed E-state index contributed by atoms with van der Waals surface area (Å²) >= 11 is 0. The summed E-state index contributed by atoms with van der Waals surface area (Å²) in [4.78, 5) is 0. The van der Waals surface area contributed by atoms with E-state index in [-0.39, 0.29) is 0 Å². The van der Waals surface area contributed by atoms with Crippen molar-refractivity contribution in [1.29, 1.82) is 0 Å². The lowest BCUT2D eigenvalue weighted by Crippen LogP contribution is -2.43. The van der Waals surface area contributed by atoms with Gasteiger partial charge >= 0.3 is 0 Å². The fraction of sp³-hybridized carbons (Fsp3) is 1.00. The average molecular weight is 235 g/mol. The molecule has 3 nitrogen and oxygen atoms in total. The summed E-state index contributed by atoms with van der Waals surface area (Å²) in [7, 11) is -1.22. The van der Waals surface area contributed by atoms with Crippen LogP contribution in [0.15, 0.2) is 0 Å². The number of nitrogens with two attached hydrogens (primary N) is 1. The first-order valence-corrected chi connectivity index (χ1v) is 11.5. The molecule has 0 heterocycles. The van der Waals surface area contributed by atoms with Gasteiger partial charge in [-0.05, 0) is 45.2 Å². The first-order valence-electron chi connectivity index (χ1n) is 5.22. The quantitative estimate of drug-likeness (QED) is 0.686. The van der Waals surface area contributed by atoms with Gasteiger partial charge in [0.05, 0.1) is 6.23 Å². The lowest BCUT2D eigenvalue weighted by atomic mass is 10.5. The maximum atomic E-state index is 5.92. The molecule has 0 spiro atoms. The first kappa shape index (κ1) is 14.3. The Bertz CT molecular complexity index is 161. The highest BCUT2D eigenvalue weighted by Crippen LogP contribution is 2.15. The zero-order valence-corrected chi connectivity index (χ0v) is 12.2. The van der Waals surface area contributed by atoms with Crippen LogP contribution >= 0.6 is 0 Å². The van der Waals surface area contributed by atoms with E-state index in [2.05, 4.69) is 26.2 Å². The van der Waals surface area contributed by atoms with Crippen molar-refractivity contribution in [2.45, 2.75) is 38.7 Å². The molecule has 0 fully saturated rings. The maximum absolute atomic E-state index is 5.92. The normalized spacial score (nSPS) is 16.7. The molecule has 14 heavy (non-hydrogen) atoms. The highest BCUT2D eigenvalue weighted by atomic mass is 28.4. The fourth-order valence-electron chi connectivity index (χ4n) is 1.08. The van der Waals surface area contributed by atoms with Crippen LogP contribution in [-0.2, 0) is 8.85 Å². The summed E-state index contributed by atoms with van der Waals surface area (Å²) in [6.07, 6.45) is 1.87. The minimum Gasteiger partial charge on any atom is -0.418 e. The van der Waals surface area contributed by atoms with Crippen LogP contribution < -0.4 is 5.73 Å². The Labute approximate surface area is 90.2 Å². The Kier molecular flexibility index (Phi) is 6.15. The molecular weight excluding hydrogens is 210 g/mol. The molecule has 0 aliphatic carbocycles. The number of hydrogen-bond donors (Lipinski definition) is 1. The van der Waals surface area contributed by atoms with Gasteiger partial charge in [0.15, 0.2) is 8.32 Å². The van der Waals surface area contributed by atoms with Crippen LogP contribution in [0.25, 0.3) is 0 Å². The molecule has 86 valence electrons. The third-order valence-corrected chi connectivity index (χ3v) is 6.66. The van der Waals surface area contributed by atoms with Crippen LogP contribution in [0, 0.1) is 0 Å². The van der Waals surface area contributed by atoms with Crippen LogP contribution in [-0.4, -0.2) is 36.5 Å². The lowest BCUT2D eigenvalue weighted by Gasteiger charge is -2.29. The molecule has 0 bridgehead atoms. The molecule has 0 saturated carbocycles. The minimum absolute atomic E-state index is 0.749. The first-order chi connectivity index (χ1) is 6.33. The monoisotopic (exact) mass is 235 g/mol. The standard InChI is InChI=1S/C9H25NO2Si2/c1-11-14(5,8-6-7-10)9-12-13(2,3)4/h6-10H2,1-5H3. The molecule has 0 aliphatic rings. The van der Waals surface area contributed by atoms with Gasteiger partial charge in [0.1, 0.15) is 0 Å². The zero-order chi connectivity index (χ0) is 11.2. The molecule has 0 aromatic heterocycles. The second kappa shape index (κ2) is 6.02. The Balaban J connectivity index is 3.98. The highest BCUT2D eigenvalue weighted by molar-refractivity contribution is 6.75.